The van der Waals surface area contributed by atoms with Crippen LogP contribution in [0.25, 0.3) is 0 Å². The molecule has 1 saturated heterocycles. The predicted molar refractivity (Wildman–Crippen MR) is 82.2 cm³/mol. The Morgan fingerprint density at radius 2 is 1.91 bits per heavy atom. The summed E-state index contributed by atoms with van der Waals surface area (Å²) in [6.45, 7) is 3.62. The average molecular weight is 299 g/mol. The van der Waals surface area contributed by atoms with E-state index in [0.29, 0.717) is 25.3 Å². The first-order valence-electron chi connectivity index (χ1n) is 7.37. The molecule has 0 aliphatic carbocycles. The molecule has 114 valence electrons. The molecule has 0 N–H and O–H groups in total. The maximum Gasteiger partial charge on any atom is 0.254 e. The van der Waals surface area contributed by atoms with Crippen LogP contribution >= 0.6 is 0 Å². The molecule has 1 heterocycles. The summed E-state index contributed by atoms with van der Waals surface area (Å²) in [5, 5.41) is 0. The third-order valence-corrected chi connectivity index (χ3v) is 3.98. The van der Waals surface area contributed by atoms with Gasteiger partial charge < -0.3 is 9.64 Å². The van der Waals surface area contributed by atoms with Gasteiger partial charge in [0.25, 0.3) is 5.91 Å². The molecule has 1 amide bonds. The van der Waals surface area contributed by atoms with E-state index in [0.717, 1.165) is 11.1 Å². The lowest BCUT2D eigenvalue weighted by atomic mass is 10.0. The van der Waals surface area contributed by atoms with Crippen molar-refractivity contribution in [1.29, 1.82) is 0 Å². The van der Waals surface area contributed by atoms with E-state index in [1.165, 1.54) is 24.3 Å². The summed E-state index contributed by atoms with van der Waals surface area (Å²) in [6, 6.07) is 13.7. The van der Waals surface area contributed by atoms with Crippen LogP contribution in [-0.2, 0) is 4.74 Å². The first-order valence-corrected chi connectivity index (χ1v) is 7.37. The third-order valence-electron chi connectivity index (χ3n) is 3.98. The van der Waals surface area contributed by atoms with Gasteiger partial charge in [0.05, 0.1) is 13.2 Å². The number of hydrogen-bond acceptors (Lipinski definition) is 2. The lowest BCUT2D eigenvalue weighted by Gasteiger charge is -2.34. The summed E-state index contributed by atoms with van der Waals surface area (Å²) in [7, 11) is 0. The zero-order valence-electron chi connectivity index (χ0n) is 12.5. The molecule has 0 radical (unpaired) electrons. The maximum absolute atomic E-state index is 13.0. The van der Waals surface area contributed by atoms with Crippen LogP contribution in [0.3, 0.4) is 0 Å². The Labute approximate surface area is 129 Å². The van der Waals surface area contributed by atoms with Crippen molar-refractivity contribution in [1.82, 2.24) is 4.90 Å². The second-order valence-electron chi connectivity index (χ2n) is 5.47. The molecule has 0 saturated carbocycles. The molecule has 22 heavy (non-hydrogen) atoms. The van der Waals surface area contributed by atoms with E-state index in [2.05, 4.69) is 0 Å². The first kappa shape index (κ1) is 14.7. The van der Waals surface area contributed by atoms with Crippen molar-refractivity contribution in [3.63, 3.8) is 0 Å². The highest BCUT2D eigenvalue weighted by Gasteiger charge is 2.26. The van der Waals surface area contributed by atoms with Gasteiger partial charge in [-0.1, -0.05) is 24.3 Å². The zero-order chi connectivity index (χ0) is 15.5. The van der Waals surface area contributed by atoms with E-state index >= 15 is 0 Å². The monoisotopic (exact) mass is 299 g/mol. The molecular formula is C18H18FNO2. The van der Waals surface area contributed by atoms with Gasteiger partial charge in [0.15, 0.2) is 0 Å². The highest BCUT2D eigenvalue weighted by molar-refractivity contribution is 5.94. The number of halogens is 1. The quantitative estimate of drug-likeness (QED) is 0.851. The molecule has 3 nitrogen and oxygen atoms in total. The number of amides is 1. The van der Waals surface area contributed by atoms with Crippen LogP contribution in [0.1, 0.15) is 27.6 Å². The number of aryl methyl sites for hydroxylation is 1. The summed E-state index contributed by atoms with van der Waals surface area (Å²) >= 11 is 0. The van der Waals surface area contributed by atoms with Crippen molar-refractivity contribution >= 4 is 5.91 Å². The summed E-state index contributed by atoms with van der Waals surface area (Å²) in [5.41, 5.74) is 2.77. The smallest absolute Gasteiger partial charge is 0.254 e. The maximum atomic E-state index is 13.0. The number of hydrogen-bond donors (Lipinski definition) is 0. The number of carbonyl (C=O) groups is 1. The van der Waals surface area contributed by atoms with Crippen LogP contribution < -0.4 is 0 Å². The molecule has 1 aliphatic heterocycles. The van der Waals surface area contributed by atoms with E-state index in [-0.39, 0.29) is 17.8 Å². The fourth-order valence-electron chi connectivity index (χ4n) is 2.74. The standard InChI is InChI=1S/C18H18FNO2/c1-13-4-2-3-5-16(13)17-12-20(10-11-22-17)18(21)14-6-8-15(19)9-7-14/h2-9,17H,10-12H2,1H3. The van der Waals surface area contributed by atoms with Crippen molar-refractivity contribution in [2.75, 3.05) is 19.7 Å². The number of benzene rings is 2. The van der Waals surface area contributed by atoms with E-state index in [9.17, 15) is 9.18 Å². The van der Waals surface area contributed by atoms with Gasteiger partial charge in [0, 0.05) is 12.1 Å². The van der Waals surface area contributed by atoms with Crippen LogP contribution in [0.15, 0.2) is 48.5 Å². The highest BCUT2D eigenvalue weighted by Crippen LogP contribution is 2.25. The fraction of sp³-hybridized carbons (Fsp3) is 0.278. The number of rotatable bonds is 2. The lowest BCUT2D eigenvalue weighted by molar-refractivity contribution is -0.0230. The van der Waals surface area contributed by atoms with E-state index in [4.69, 9.17) is 4.74 Å². The van der Waals surface area contributed by atoms with E-state index < -0.39 is 0 Å². The van der Waals surface area contributed by atoms with Gasteiger partial charge in [-0.25, -0.2) is 4.39 Å². The number of carbonyl (C=O) groups excluding carboxylic acids is 1. The molecule has 0 aromatic heterocycles. The van der Waals surface area contributed by atoms with Gasteiger partial charge in [0.2, 0.25) is 0 Å². The summed E-state index contributed by atoms with van der Waals surface area (Å²) < 4.78 is 18.8. The minimum Gasteiger partial charge on any atom is -0.370 e. The first-order chi connectivity index (χ1) is 10.6. The molecule has 2 aromatic carbocycles. The minimum atomic E-state index is -0.337. The highest BCUT2D eigenvalue weighted by atomic mass is 19.1. The molecule has 1 unspecified atom stereocenters. The largest absolute Gasteiger partial charge is 0.370 e. The van der Waals surface area contributed by atoms with Gasteiger partial charge in [-0.05, 0) is 42.3 Å². The average Bonchev–Trinajstić information content (AvgIpc) is 2.55. The molecule has 1 aliphatic rings. The molecule has 0 bridgehead atoms. The molecule has 4 heteroatoms. The van der Waals surface area contributed by atoms with Crippen LogP contribution in [0.5, 0.6) is 0 Å². The van der Waals surface area contributed by atoms with E-state index in [1.807, 2.05) is 31.2 Å². The van der Waals surface area contributed by atoms with Crippen molar-refractivity contribution in [2.45, 2.75) is 13.0 Å². The Hall–Kier alpha value is -2.20. The third kappa shape index (κ3) is 3.02. The van der Waals surface area contributed by atoms with E-state index in [1.54, 1.807) is 4.90 Å². The Morgan fingerprint density at radius 3 is 2.64 bits per heavy atom. The summed E-state index contributed by atoms with van der Waals surface area (Å²) in [5.74, 6) is -0.418. The summed E-state index contributed by atoms with van der Waals surface area (Å²) in [6.07, 6.45) is -0.112. The zero-order valence-corrected chi connectivity index (χ0v) is 12.5. The van der Waals surface area contributed by atoms with Gasteiger partial charge in [-0.2, -0.15) is 0 Å². The van der Waals surface area contributed by atoms with Gasteiger partial charge >= 0.3 is 0 Å². The van der Waals surface area contributed by atoms with Crippen molar-refractivity contribution < 1.29 is 13.9 Å². The normalized spacial score (nSPS) is 18.3. The van der Waals surface area contributed by atoms with Crippen LogP contribution in [0.4, 0.5) is 4.39 Å². The van der Waals surface area contributed by atoms with Gasteiger partial charge in [-0.3, -0.25) is 4.79 Å². The molecule has 0 spiro atoms. The van der Waals surface area contributed by atoms with Gasteiger partial charge in [0.1, 0.15) is 11.9 Å². The molecular weight excluding hydrogens is 281 g/mol. The van der Waals surface area contributed by atoms with Gasteiger partial charge in [-0.15, -0.1) is 0 Å². The molecule has 2 aromatic rings. The Balaban J connectivity index is 1.77. The molecule has 3 rings (SSSR count). The van der Waals surface area contributed by atoms with Crippen LogP contribution in [0.2, 0.25) is 0 Å². The Kier molecular flexibility index (Phi) is 4.20. The SMILES string of the molecule is Cc1ccccc1C1CN(C(=O)c2ccc(F)cc2)CCO1. The van der Waals surface area contributed by atoms with Crippen LogP contribution in [0, 0.1) is 12.7 Å². The number of morpholine rings is 1. The molecule has 1 fully saturated rings. The molecule has 1 atom stereocenters. The Morgan fingerprint density at radius 1 is 1.18 bits per heavy atom. The second-order valence-corrected chi connectivity index (χ2v) is 5.47. The lowest BCUT2D eigenvalue weighted by Crippen LogP contribution is -2.42. The van der Waals surface area contributed by atoms with Crippen molar-refractivity contribution in [2.24, 2.45) is 0 Å². The predicted octanol–water partition coefficient (Wildman–Crippen LogP) is 3.35. The van der Waals surface area contributed by atoms with Crippen LogP contribution in [-0.4, -0.2) is 30.5 Å². The topological polar surface area (TPSA) is 29.5 Å². The fourth-order valence-corrected chi connectivity index (χ4v) is 2.74. The second kappa shape index (κ2) is 6.28. The number of ether oxygens (including phenoxy) is 1. The van der Waals surface area contributed by atoms with Crippen molar-refractivity contribution in [3.8, 4) is 0 Å². The Bertz CT molecular complexity index is 669. The van der Waals surface area contributed by atoms with Crippen molar-refractivity contribution in [3.05, 3.63) is 71.0 Å². The number of nitrogens with zero attached hydrogens (tertiary/aromatic N) is 1. The minimum absolute atomic E-state index is 0.0816. The summed E-state index contributed by atoms with van der Waals surface area (Å²) in [4.78, 5) is 14.3.